The molecule has 2 aliphatic rings. The van der Waals surface area contributed by atoms with Crippen LogP contribution in [-0.2, 0) is 0 Å². The molecule has 2 rings (SSSR count). The van der Waals surface area contributed by atoms with Crippen LogP contribution in [0.2, 0.25) is 0 Å². The summed E-state index contributed by atoms with van der Waals surface area (Å²) in [6.07, 6.45) is 10.5. The van der Waals surface area contributed by atoms with Gasteiger partial charge in [0.2, 0.25) is 0 Å². The predicted molar refractivity (Wildman–Crippen MR) is 48.8 cm³/mol. The Morgan fingerprint density at radius 1 is 1.27 bits per heavy atom. The molecular weight excluding hydrogens is 133 g/mol. The molecule has 0 atom stereocenters. The third-order valence-corrected chi connectivity index (χ3v) is 1.97. The molecule has 0 aromatic heterocycles. The van der Waals surface area contributed by atoms with Crippen molar-refractivity contribution in [3.63, 3.8) is 0 Å². The van der Waals surface area contributed by atoms with Gasteiger partial charge in [-0.25, -0.2) is 0 Å². The maximum Gasteiger partial charge on any atom is 0.312 e. The Balaban J connectivity index is 2.29. The van der Waals surface area contributed by atoms with Crippen molar-refractivity contribution in [2.75, 3.05) is 0 Å². The number of nitrogens with zero attached hydrogens (tertiary/aromatic N) is 1. The van der Waals surface area contributed by atoms with Crippen LogP contribution >= 0.6 is 0 Å². The molecule has 0 aromatic carbocycles. The SMILES string of the molecule is CC1=CB2C=CC=CN2C=C1. The topological polar surface area (TPSA) is 3.24 Å². The summed E-state index contributed by atoms with van der Waals surface area (Å²) in [6.45, 7) is 2.57. The van der Waals surface area contributed by atoms with Crippen LogP contribution in [0.15, 0.2) is 48.2 Å². The third kappa shape index (κ3) is 1.16. The molecule has 0 spiro atoms. The molecule has 0 saturated heterocycles. The molecule has 54 valence electrons. The number of rotatable bonds is 0. The first-order valence-electron chi connectivity index (χ1n) is 3.85. The first kappa shape index (κ1) is 6.53. The molecule has 0 aromatic rings. The lowest BCUT2D eigenvalue weighted by Crippen LogP contribution is -2.31. The van der Waals surface area contributed by atoms with Crippen LogP contribution in [-0.4, -0.2) is 11.7 Å². The van der Waals surface area contributed by atoms with E-state index in [-0.39, 0.29) is 0 Å². The maximum atomic E-state index is 2.25. The zero-order valence-electron chi connectivity index (χ0n) is 6.57. The molecule has 2 heteroatoms. The first-order valence-corrected chi connectivity index (χ1v) is 3.85. The second kappa shape index (κ2) is 2.46. The molecule has 0 N–H and O–H groups in total. The largest absolute Gasteiger partial charge is 0.390 e. The van der Waals surface area contributed by atoms with Crippen LogP contribution in [0.1, 0.15) is 6.92 Å². The van der Waals surface area contributed by atoms with Gasteiger partial charge < -0.3 is 4.81 Å². The fourth-order valence-corrected chi connectivity index (χ4v) is 1.35. The van der Waals surface area contributed by atoms with Crippen molar-refractivity contribution in [3.8, 4) is 0 Å². The fourth-order valence-electron chi connectivity index (χ4n) is 1.35. The molecule has 0 fully saturated rings. The molecule has 11 heavy (non-hydrogen) atoms. The second-order valence-electron chi connectivity index (χ2n) is 2.89. The van der Waals surface area contributed by atoms with Crippen LogP contribution in [0, 0.1) is 0 Å². The van der Waals surface area contributed by atoms with Crippen molar-refractivity contribution in [1.82, 2.24) is 4.81 Å². The van der Waals surface area contributed by atoms with Crippen molar-refractivity contribution in [2.24, 2.45) is 0 Å². The smallest absolute Gasteiger partial charge is 0.312 e. The fraction of sp³-hybridized carbons (Fsp3) is 0.111. The Morgan fingerprint density at radius 2 is 2.18 bits per heavy atom. The van der Waals surface area contributed by atoms with E-state index < -0.39 is 0 Å². The second-order valence-corrected chi connectivity index (χ2v) is 2.89. The van der Waals surface area contributed by atoms with Gasteiger partial charge in [0, 0.05) is 0 Å². The minimum atomic E-state index is 0.449. The molecule has 2 aliphatic heterocycles. The summed E-state index contributed by atoms with van der Waals surface area (Å²) >= 11 is 0. The van der Waals surface area contributed by atoms with Gasteiger partial charge in [-0.1, -0.05) is 23.6 Å². The van der Waals surface area contributed by atoms with Crippen molar-refractivity contribution in [1.29, 1.82) is 0 Å². The number of fused-ring (bicyclic) bond motifs is 1. The Bertz CT molecular complexity index is 273. The molecule has 0 amide bonds. The summed E-state index contributed by atoms with van der Waals surface area (Å²) in [5, 5.41) is 0. The minimum absolute atomic E-state index is 0.449. The van der Waals surface area contributed by atoms with Gasteiger partial charge in [-0.2, -0.15) is 0 Å². The normalized spacial score (nSPS) is 20.3. The van der Waals surface area contributed by atoms with E-state index in [4.69, 9.17) is 0 Å². The lowest BCUT2D eigenvalue weighted by molar-refractivity contribution is 0.787. The van der Waals surface area contributed by atoms with Crippen LogP contribution in [0.5, 0.6) is 0 Å². The van der Waals surface area contributed by atoms with Gasteiger partial charge in [0.15, 0.2) is 0 Å². The third-order valence-electron chi connectivity index (χ3n) is 1.97. The lowest BCUT2D eigenvalue weighted by Gasteiger charge is -2.24. The molecule has 0 aliphatic carbocycles. The highest BCUT2D eigenvalue weighted by atomic mass is 15.0. The lowest BCUT2D eigenvalue weighted by atomic mass is 9.57. The monoisotopic (exact) mass is 143 g/mol. The standard InChI is InChI=1S/C9H10BN/c1-9-4-7-11-6-3-2-5-10(11)8-9/h2-8H,1H3. The molecule has 0 radical (unpaired) electrons. The van der Waals surface area contributed by atoms with E-state index in [9.17, 15) is 0 Å². The van der Waals surface area contributed by atoms with Gasteiger partial charge in [0.1, 0.15) is 0 Å². The molecule has 1 nitrogen and oxygen atoms in total. The van der Waals surface area contributed by atoms with Gasteiger partial charge in [-0.15, -0.1) is 0 Å². The van der Waals surface area contributed by atoms with Gasteiger partial charge >= 0.3 is 6.85 Å². The van der Waals surface area contributed by atoms with E-state index in [2.05, 4.69) is 54.3 Å². The van der Waals surface area contributed by atoms with E-state index in [0.717, 1.165) is 0 Å². The summed E-state index contributed by atoms with van der Waals surface area (Å²) in [7, 11) is 0. The zero-order valence-corrected chi connectivity index (χ0v) is 6.57. The van der Waals surface area contributed by atoms with Gasteiger partial charge in [0.25, 0.3) is 0 Å². The highest BCUT2D eigenvalue weighted by Crippen LogP contribution is 2.14. The molecule has 0 saturated carbocycles. The maximum absolute atomic E-state index is 2.25. The van der Waals surface area contributed by atoms with E-state index in [1.54, 1.807) is 0 Å². The summed E-state index contributed by atoms with van der Waals surface area (Å²) in [5.41, 5.74) is 1.34. The molecule has 0 bridgehead atoms. The van der Waals surface area contributed by atoms with Gasteiger partial charge in [-0.05, 0) is 31.5 Å². The first-order chi connectivity index (χ1) is 5.36. The average Bonchev–Trinajstić information content (AvgIpc) is 2.04. The van der Waals surface area contributed by atoms with Crippen LogP contribution < -0.4 is 0 Å². The quantitative estimate of drug-likeness (QED) is 0.468. The van der Waals surface area contributed by atoms with Crippen molar-refractivity contribution in [2.45, 2.75) is 6.92 Å². The highest BCUT2D eigenvalue weighted by molar-refractivity contribution is 6.67. The number of hydrogen-bond donors (Lipinski definition) is 0. The van der Waals surface area contributed by atoms with E-state index in [1.807, 2.05) is 0 Å². The number of hydrogen-bond acceptors (Lipinski definition) is 1. The summed E-state index contributed by atoms with van der Waals surface area (Å²) < 4.78 is 0. The van der Waals surface area contributed by atoms with Crippen molar-refractivity contribution < 1.29 is 0 Å². The number of allylic oxidation sites excluding steroid dienone is 4. The summed E-state index contributed by atoms with van der Waals surface area (Å²) in [4.78, 5) is 2.19. The Kier molecular flexibility index (Phi) is 1.46. The highest BCUT2D eigenvalue weighted by Gasteiger charge is 2.17. The zero-order chi connectivity index (χ0) is 7.68. The minimum Gasteiger partial charge on any atom is -0.390 e. The Labute approximate surface area is 67.5 Å². The molecule has 0 unspecified atom stereocenters. The van der Waals surface area contributed by atoms with Crippen LogP contribution in [0.3, 0.4) is 0 Å². The van der Waals surface area contributed by atoms with E-state index >= 15 is 0 Å². The average molecular weight is 143 g/mol. The van der Waals surface area contributed by atoms with Gasteiger partial charge in [0.05, 0.1) is 0 Å². The van der Waals surface area contributed by atoms with E-state index in [1.165, 1.54) is 5.57 Å². The van der Waals surface area contributed by atoms with Crippen molar-refractivity contribution in [3.05, 3.63) is 48.2 Å². The summed E-state index contributed by atoms with van der Waals surface area (Å²) in [5.74, 6) is 4.44. The molecular formula is C9H10BN. The van der Waals surface area contributed by atoms with Crippen molar-refractivity contribution >= 4 is 6.85 Å². The van der Waals surface area contributed by atoms with Crippen LogP contribution in [0.25, 0.3) is 0 Å². The molecule has 2 heterocycles. The van der Waals surface area contributed by atoms with Gasteiger partial charge in [-0.3, -0.25) is 0 Å². The van der Waals surface area contributed by atoms with Crippen LogP contribution in [0.4, 0.5) is 0 Å². The summed E-state index contributed by atoms with van der Waals surface area (Å²) in [6, 6.07) is 0. The Hall–Kier alpha value is -1.18. The Morgan fingerprint density at radius 3 is 3.09 bits per heavy atom. The predicted octanol–water partition coefficient (Wildman–Crippen LogP) is 1.92. The van der Waals surface area contributed by atoms with E-state index in [0.29, 0.717) is 6.85 Å².